The number of amides is 1. The monoisotopic (exact) mass is 387 g/mol. The van der Waals surface area contributed by atoms with Gasteiger partial charge in [0.25, 0.3) is 5.56 Å². The molecule has 1 heterocycles. The molecule has 1 aromatic carbocycles. The Morgan fingerprint density at radius 3 is 2.50 bits per heavy atom. The molecule has 0 saturated carbocycles. The molecule has 0 aliphatic carbocycles. The van der Waals surface area contributed by atoms with Crippen LogP contribution in [-0.2, 0) is 11.2 Å². The average Bonchev–Trinajstić information content (AvgIpc) is 2.54. The Kier molecular flexibility index (Phi) is 6.30. The number of carbonyl (C=O) groups is 1. The third kappa shape index (κ3) is 5.80. The van der Waals surface area contributed by atoms with Gasteiger partial charge in [-0.3, -0.25) is 9.59 Å². The largest absolute Gasteiger partial charge is 0.573 e. The Morgan fingerprint density at radius 2 is 1.96 bits per heavy atom. The maximum Gasteiger partial charge on any atom is 0.573 e. The molecule has 140 valence electrons. The first-order valence-electron chi connectivity index (χ1n) is 7.47. The third-order valence-electron chi connectivity index (χ3n) is 3.37. The molecule has 0 fully saturated rings. The molecule has 1 aromatic heterocycles. The van der Waals surface area contributed by atoms with E-state index < -0.39 is 6.36 Å². The summed E-state index contributed by atoms with van der Waals surface area (Å²) >= 11 is 1.31. The van der Waals surface area contributed by atoms with Crippen molar-refractivity contribution in [1.82, 2.24) is 9.97 Å². The second-order valence-corrected chi connectivity index (χ2v) is 6.05. The first-order chi connectivity index (χ1) is 12.2. The molecule has 0 spiro atoms. The minimum Gasteiger partial charge on any atom is -0.406 e. The molecule has 6 nitrogen and oxygen atoms in total. The number of aromatic nitrogens is 2. The number of hydrogen-bond donors (Lipinski definition) is 2. The van der Waals surface area contributed by atoms with Crippen molar-refractivity contribution in [2.75, 3.05) is 11.6 Å². The van der Waals surface area contributed by atoms with Gasteiger partial charge in [0.15, 0.2) is 5.16 Å². The summed E-state index contributed by atoms with van der Waals surface area (Å²) in [5.74, 6) is -0.750. The minimum absolute atomic E-state index is 0.0328. The Labute approximate surface area is 151 Å². The molecule has 2 N–H and O–H groups in total. The van der Waals surface area contributed by atoms with Crippen LogP contribution in [0.3, 0.4) is 0 Å². The fraction of sp³-hybridized carbons (Fsp3) is 0.312. The lowest BCUT2D eigenvalue weighted by Gasteiger charge is -2.10. The van der Waals surface area contributed by atoms with Crippen LogP contribution in [0.1, 0.15) is 17.7 Å². The van der Waals surface area contributed by atoms with Gasteiger partial charge in [0.05, 0.1) is 0 Å². The van der Waals surface area contributed by atoms with Gasteiger partial charge in [-0.05, 0) is 43.9 Å². The zero-order chi connectivity index (χ0) is 19.3. The summed E-state index contributed by atoms with van der Waals surface area (Å²) in [6, 6.07) is 4.80. The summed E-state index contributed by atoms with van der Waals surface area (Å²) in [6.07, 6.45) is -2.75. The highest BCUT2D eigenvalue weighted by Crippen LogP contribution is 2.24. The predicted octanol–water partition coefficient (Wildman–Crippen LogP) is 3.27. The van der Waals surface area contributed by atoms with E-state index in [2.05, 4.69) is 20.0 Å². The first kappa shape index (κ1) is 19.8. The first-order valence-corrected chi connectivity index (χ1v) is 8.70. The van der Waals surface area contributed by atoms with Crippen LogP contribution in [-0.4, -0.2) is 28.5 Å². The Hall–Kier alpha value is -2.49. The molecule has 2 rings (SSSR count). The van der Waals surface area contributed by atoms with Crippen molar-refractivity contribution in [3.8, 4) is 5.75 Å². The number of carbonyl (C=O) groups excluding carboxylic acids is 1. The zero-order valence-electron chi connectivity index (χ0n) is 13.9. The van der Waals surface area contributed by atoms with Crippen molar-refractivity contribution in [2.24, 2.45) is 0 Å². The van der Waals surface area contributed by atoms with Crippen molar-refractivity contribution in [3.63, 3.8) is 0 Å². The molecule has 0 unspecified atom stereocenters. The van der Waals surface area contributed by atoms with E-state index in [1.165, 1.54) is 23.9 Å². The molecule has 0 bridgehead atoms. The fourth-order valence-electron chi connectivity index (χ4n) is 2.18. The van der Waals surface area contributed by atoms with E-state index in [1.807, 2.05) is 0 Å². The number of anilines is 1. The highest BCUT2D eigenvalue weighted by molar-refractivity contribution is 7.98. The number of H-pyrrole nitrogens is 1. The molecule has 10 heteroatoms. The van der Waals surface area contributed by atoms with Gasteiger partial charge in [0.1, 0.15) is 5.75 Å². The van der Waals surface area contributed by atoms with Crippen LogP contribution in [0.5, 0.6) is 5.75 Å². The fourth-order valence-corrected chi connectivity index (χ4v) is 2.60. The number of rotatable bonds is 6. The van der Waals surface area contributed by atoms with Crippen LogP contribution in [0.4, 0.5) is 18.9 Å². The van der Waals surface area contributed by atoms with Gasteiger partial charge in [-0.15, -0.1) is 13.2 Å². The van der Waals surface area contributed by atoms with E-state index >= 15 is 0 Å². The van der Waals surface area contributed by atoms with E-state index in [9.17, 15) is 22.8 Å². The average molecular weight is 387 g/mol. The molecule has 0 radical (unpaired) electrons. The molecule has 2 aromatic rings. The number of aryl methyl sites for hydroxylation is 1. The molecule has 0 aliphatic heterocycles. The van der Waals surface area contributed by atoms with Gasteiger partial charge in [0.2, 0.25) is 5.91 Å². The number of benzene rings is 1. The number of hydrogen-bond acceptors (Lipinski definition) is 5. The van der Waals surface area contributed by atoms with Gasteiger partial charge in [-0.2, -0.15) is 0 Å². The Morgan fingerprint density at radius 1 is 1.31 bits per heavy atom. The predicted molar refractivity (Wildman–Crippen MR) is 91.5 cm³/mol. The Bertz CT molecular complexity index is 835. The molecule has 1 amide bonds. The van der Waals surface area contributed by atoms with Crippen LogP contribution in [0.15, 0.2) is 34.2 Å². The lowest BCUT2D eigenvalue weighted by atomic mass is 10.1. The smallest absolute Gasteiger partial charge is 0.406 e. The molecule has 0 aliphatic rings. The third-order valence-corrected chi connectivity index (χ3v) is 3.95. The van der Waals surface area contributed by atoms with Crippen LogP contribution in [0, 0.1) is 6.92 Å². The van der Waals surface area contributed by atoms with Gasteiger partial charge >= 0.3 is 6.36 Å². The number of nitrogens with one attached hydrogen (secondary N) is 2. The van der Waals surface area contributed by atoms with Crippen molar-refractivity contribution in [2.45, 2.75) is 31.3 Å². The number of alkyl halides is 3. The highest BCUT2D eigenvalue weighted by Gasteiger charge is 2.30. The van der Waals surface area contributed by atoms with Crippen molar-refractivity contribution < 1.29 is 22.7 Å². The van der Waals surface area contributed by atoms with Gasteiger partial charge in [-0.25, -0.2) is 4.98 Å². The van der Waals surface area contributed by atoms with Gasteiger partial charge in [0, 0.05) is 23.4 Å². The standard InChI is InChI=1S/C16H16F3N3O3S/c1-9-12(14(24)22-15(20-9)26-2)7-8-13(23)21-10-3-5-11(6-4-10)25-16(17,18)19/h3-6H,7-8H2,1-2H3,(H,21,23)(H,20,22,24). The highest BCUT2D eigenvalue weighted by atomic mass is 32.2. The summed E-state index contributed by atoms with van der Waals surface area (Å²) in [5.41, 5.74) is 1.01. The summed E-state index contributed by atoms with van der Waals surface area (Å²) in [6.45, 7) is 1.70. The summed E-state index contributed by atoms with van der Waals surface area (Å²) in [4.78, 5) is 30.8. The topological polar surface area (TPSA) is 84.1 Å². The molecule has 0 saturated heterocycles. The summed E-state index contributed by atoms with van der Waals surface area (Å²) in [7, 11) is 0. The van der Waals surface area contributed by atoms with E-state index in [0.717, 1.165) is 12.1 Å². The molecular formula is C16H16F3N3O3S. The second-order valence-electron chi connectivity index (χ2n) is 5.26. The van der Waals surface area contributed by atoms with E-state index in [0.29, 0.717) is 22.1 Å². The number of ether oxygens (including phenoxy) is 1. The van der Waals surface area contributed by atoms with Gasteiger partial charge < -0.3 is 15.0 Å². The number of halogens is 3. The maximum absolute atomic E-state index is 12.1. The van der Waals surface area contributed by atoms with Crippen molar-refractivity contribution >= 4 is 23.4 Å². The van der Waals surface area contributed by atoms with Gasteiger partial charge in [-0.1, -0.05) is 11.8 Å². The number of aromatic amines is 1. The normalized spacial score (nSPS) is 11.3. The van der Waals surface area contributed by atoms with E-state index in [4.69, 9.17) is 0 Å². The summed E-state index contributed by atoms with van der Waals surface area (Å²) in [5, 5.41) is 3.05. The van der Waals surface area contributed by atoms with Crippen LogP contribution < -0.4 is 15.6 Å². The molecular weight excluding hydrogens is 371 g/mol. The van der Waals surface area contributed by atoms with Crippen molar-refractivity contribution in [3.05, 3.63) is 45.9 Å². The molecule has 0 atom stereocenters. The van der Waals surface area contributed by atoms with E-state index in [-0.39, 0.29) is 30.1 Å². The zero-order valence-corrected chi connectivity index (χ0v) is 14.8. The quantitative estimate of drug-likeness (QED) is 0.587. The minimum atomic E-state index is -4.77. The Balaban J connectivity index is 1.94. The second kappa shape index (κ2) is 8.26. The lowest BCUT2D eigenvalue weighted by Crippen LogP contribution is -2.20. The van der Waals surface area contributed by atoms with Crippen LogP contribution in [0.2, 0.25) is 0 Å². The number of thioether (sulfide) groups is 1. The lowest BCUT2D eigenvalue weighted by molar-refractivity contribution is -0.274. The summed E-state index contributed by atoms with van der Waals surface area (Å²) < 4.78 is 40.1. The van der Waals surface area contributed by atoms with Crippen LogP contribution >= 0.6 is 11.8 Å². The SMILES string of the molecule is CSc1nc(C)c(CCC(=O)Nc2ccc(OC(F)(F)F)cc2)c(=O)[nH]1. The van der Waals surface area contributed by atoms with Crippen molar-refractivity contribution in [1.29, 1.82) is 0 Å². The van der Waals surface area contributed by atoms with Crippen LogP contribution in [0.25, 0.3) is 0 Å². The van der Waals surface area contributed by atoms with E-state index in [1.54, 1.807) is 13.2 Å². The molecule has 26 heavy (non-hydrogen) atoms. The number of nitrogens with zero attached hydrogens (tertiary/aromatic N) is 1. The maximum atomic E-state index is 12.1.